The first-order chi connectivity index (χ1) is 16.0. The number of halogens is 1. The van der Waals surface area contributed by atoms with E-state index in [1.165, 1.54) is 24.3 Å². The standard InChI is InChI=1S/C25H26FN3O4S/c1-25(2,3)20-10-14-22(15-11-20)34(32,33)27-16-17-4-6-18(7-5-17)23(30)28-29-24(31)19-8-12-21(26)13-9-19/h4-15,27H,16H2,1-3H3,(H,28,30)(H,29,31). The normalized spacial score (nSPS) is 11.6. The van der Waals surface area contributed by atoms with Gasteiger partial charge in [-0.05, 0) is 65.1 Å². The Morgan fingerprint density at radius 2 is 1.24 bits per heavy atom. The predicted molar refractivity (Wildman–Crippen MR) is 127 cm³/mol. The molecule has 34 heavy (non-hydrogen) atoms. The molecule has 3 aromatic carbocycles. The fourth-order valence-corrected chi connectivity index (χ4v) is 4.05. The van der Waals surface area contributed by atoms with Crippen molar-refractivity contribution in [3.05, 3.63) is 101 Å². The van der Waals surface area contributed by atoms with E-state index in [9.17, 15) is 22.4 Å². The van der Waals surface area contributed by atoms with E-state index >= 15 is 0 Å². The van der Waals surface area contributed by atoms with Gasteiger partial charge in [0.05, 0.1) is 4.90 Å². The molecule has 0 saturated carbocycles. The molecule has 3 rings (SSSR count). The zero-order chi connectivity index (χ0) is 24.9. The van der Waals surface area contributed by atoms with Crippen LogP contribution in [0.4, 0.5) is 4.39 Å². The lowest BCUT2D eigenvalue weighted by Gasteiger charge is -2.19. The number of hydrogen-bond donors (Lipinski definition) is 3. The summed E-state index contributed by atoms with van der Waals surface area (Å²) in [7, 11) is -3.69. The van der Waals surface area contributed by atoms with Crippen LogP contribution in [-0.4, -0.2) is 20.2 Å². The molecule has 9 heteroatoms. The summed E-state index contributed by atoms with van der Waals surface area (Å²) in [6.07, 6.45) is 0. The van der Waals surface area contributed by atoms with Gasteiger partial charge >= 0.3 is 0 Å². The Bertz CT molecular complexity index is 1270. The van der Waals surface area contributed by atoms with Crippen LogP contribution in [0.2, 0.25) is 0 Å². The summed E-state index contributed by atoms with van der Waals surface area (Å²) in [5, 5.41) is 0. The third-order valence-electron chi connectivity index (χ3n) is 5.11. The number of sulfonamides is 1. The lowest BCUT2D eigenvalue weighted by Crippen LogP contribution is -2.41. The summed E-state index contributed by atoms with van der Waals surface area (Å²) in [5.74, 6) is -1.61. The Morgan fingerprint density at radius 3 is 1.71 bits per heavy atom. The zero-order valence-corrected chi connectivity index (χ0v) is 19.9. The monoisotopic (exact) mass is 483 g/mol. The van der Waals surface area contributed by atoms with Crippen LogP contribution < -0.4 is 15.6 Å². The number of carbonyl (C=O) groups excluding carboxylic acids is 2. The first kappa shape index (κ1) is 25.1. The first-order valence-electron chi connectivity index (χ1n) is 10.5. The minimum atomic E-state index is -3.69. The molecule has 0 fully saturated rings. The number of hydrazine groups is 1. The van der Waals surface area contributed by atoms with Crippen LogP contribution in [0.25, 0.3) is 0 Å². The highest BCUT2D eigenvalue weighted by Gasteiger charge is 2.17. The molecular formula is C25H26FN3O4S. The second-order valence-electron chi connectivity index (χ2n) is 8.71. The molecule has 0 aliphatic rings. The summed E-state index contributed by atoms with van der Waals surface area (Å²) in [6, 6.07) is 17.9. The van der Waals surface area contributed by atoms with Crippen molar-refractivity contribution in [3.63, 3.8) is 0 Å². The van der Waals surface area contributed by atoms with Crippen molar-refractivity contribution in [3.8, 4) is 0 Å². The Morgan fingerprint density at radius 1 is 0.765 bits per heavy atom. The molecular weight excluding hydrogens is 457 g/mol. The van der Waals surface area contributed by atoms with Gasteiger partial charge in [0.15, 0.2) is 0 Å². The molecule has 0 aliphatic heterocycles. The smallest absolute Gasteiger partial charge is 0.267 e. The molecule has 0 spiro atoms. The molecule has 178 valence electrons. The maximum Gasteiger partial charge on any atom is 0.269 e. The van der Waals surface area contributed by atoms with Crippen molar-refractivity contribution in [1.29, 1.82) is 0 Å². The quantitative estimate of drug-likeness (QED) is 0.465. The number of carbonyl (C=O) groups is 2. The molecule has 0 aromatic heterocycles. The second kappa shape index (κ2) is 10.1. The van der Waals surface area contributed by atoms with E-state index < -0.39 is 27.7 Å². The minimum absolute atomic E-state index is 0.0482. The van der Waals surface area contributed by atoms with Gasteiger partial charge in [-0.25, -0.2) is 17.5 Å². The van der Waals surface area contributed by atoms with Crippen LogP contribution in [0.1, 0.15) is 52.6 Å². The largest absolute Gasteiger partial charge is 0.269 e. The van der Waals surface area contributed by atoms with E-state index in [0.717, 1.165) is 17.7 Å². The number of rotatable bonds is 6. The summed E-state index contributed by atoms with van der Waals surface area (Å²) in [4.78, 5) is 24.4. The van der Waals surface area contributed by atoms with Gasteiger partial charge in [-0.1, -0.05) is 45.0 Å². The van der Waals surface area contributed by atoms with Crippen LogP contribution >= 0.6 is 0 Å². The van der Waals surface area contributed by atoms with Crippen LogP contribution in [0.5, 0.6) is 0 Å². The van der Waals surface area contributed by atoms with Gasteiger partial charge in [0.1, 0.15) is 5.82 Å². The molecule has 0 radical (unpaired) electrons. The fourth-order valence-electron chi connectivity index (χ4n) is 3.03. The number of benzene rings is 3. The lowest BCUT2D eigenvalue weighted by atomic mass is 9.87. The molecule has 2 amide bonds. The summed E-state index contributed by atoms with van der Waals surface area (Å²) in [5.41, 5.74) is 6.61. The number of hydrogen-bond acceptors (Lipinski definition) is 4. The van der Waals surface area contributed by atoms with Crippen LogP contribution in [0, 0.1) is 5.82 Å². The number of nitrogens with one attached hydrogen (secondary N) is 3. The van der Waals surface area contributed by atoms with E-state index in [2.05, 4.69) is 36.3 Å². The van der Waals surface area contributed by atoms with E-state index in [4.69, 9.17) is 0 Å². The summed E-state index contributed by atoms with van der Waals surface area (Å²) < 4.78 is 40.7. The van der Waals surface area contributed by atoms with Crippen molar-refractivity contribution in [1.82, 2.24) is 15.6 Å². The Kier molecular flexibility index (Phi) is 7.48. The summed E-state index contributed by atoms with van der Waals surface area (Å²) in [6.45, 7) is 6.21. The third-order valence-corrected chi connectivity index (χ3v) is 6.53. The third kappa shape index (κ3) is 6.49. The van der Waals surface area contributed by atoms with Gasteiger partial charge in [0.25, 0.3) is 11.8 Å². The van der Waals surface area contributed by atoms with Crippen molar-refractivity contribution in [2.45, 2.75) is 37.6 Å². The van der Waals surface area contributed by atoms with Crippen molar-refractivity contribution >= 4 is 21.8 Å². The van der Waals surface area contributed by atoms with Gasteiger partial charge < -0.3 is 0 Å². The predicted octanol–water partition coefficient (Wildman–Crippen LogP) is 3.68. The van der Waals surface area contributed by atoms with E-state index in [-0.39, 0.29) is 28.0 Å². The topological polar surface area (TPSA) is 104 Å². The molecule has 0 heterocycles. The highest BCUT2D eigenvalue weighted by molar-refractivity contribution is 7.89. The summed E-state index contributed by atoms with van der Waals surface area (Å²) >= 11 is 0. The van der Waals surface area contributed by atoms with Crippen LogP contribution in [0.3, 0.4) is 0 Å². The SMILES string of the molecule is CC(C)(C)c1ccc(S(=O)(=O)NCc2ccc(C(=O)NNC(=O)c3ccc(F)cc3)cc2)cc1. The molecule has 7 nitrogen and oxygen atoms in total. The minimum Gasteiger partial charge on any atom is -0.267 e. The van der Waals surface area contributed by atoms with E-state index in [1.54, 1.807) is 36.4 Å². The van der Waals surface area contributed by atoms with Crippen molar-refractivity contribution < 1.29 is 22.4 Å². The van der Waals surface area contributed by atoms with Crippen LogP contribution in [-0.2, 0) is 22.0 Å². The van der Waals surface area contributed by atoms with Crippen LogP contribution in [0.15, 0.2) is 77.7 Å². The van der Waals surface area contributed by atoms with Gasteiger partial charge in [-0.2, -0.15) is 0 Å². The highest BCUT2D eigenvalue weighted by atomic mass is 32.2. The van der Waals surface area contributed by atoms with Crippen molar-refractivity contribution in [2.75, 3.05) is 0 Å². The van der Waals surface area contributed by atoms with E-state index in [1.807, 2.05) is 0 Å². The maximum atomic E-state index is 12.9. The molecule has 0 saturated heterocycles. The highest BCUT2D eigenvalue weighted by Crippen LogP contribution is 2.23. The average molecular weight is 484 g/mol. The molecule has 0 aliphatic carbocycles. The lowest BCUT2D eigenvalue weighted by molar-refractivity contribution is 0.0846. The average Bonchev–Trinajstić information content (AvgIpc) is 2.81. The molecule has 3 N–H and O–H groups in total. The Labute approximate surface area is 198 Å². The van der Waals surface area contributed by atoms with Gasteiger partial charge in [0.2, 0.25) is 10.0 Å². The van der Waals surface area contributed by atoms with Crippen molar-refractivity contribution in [2.24, 2.45) is 0 Å². The molecule has 0 atom stereocenters. The van der Waals surface area contributed by atoms with Gasteiger partial charge in [-0.3, -0.25) is 20.4 Å². The zero-order valence-electron chi connectivity index (χ0n) is 19.1. The molecule has 3 aromatic rings. The molecule has 0 unspecified atom stereocenters. The van der Waals surface area contributed by atoms with Gasteiger partial charge in [0, 0.05) is 17.7 Å². The maximum absolute atomic E-state index is 12.9. The first-order valence-corrected chi connectivity index (χ1v) is 12.0. The van der Waals surface area contributed by atoms with Gasteiger partial charge in [-0.15, -0.1) is 0 Å². The Balaban J connectivity index is 1.55. The Hall–Kier alpha value is -3.56. The molecule has 0 bridgehead atoms. The second-order valence-corrected chi connectivity index (χ2v) is 10.5. The van der Waals surface area contributed by atoms with E-state index in [0.29, 0.717) is 5.56 Å². The number of amides is 2. The fraction of sp³-hybridized carbons (Fsp3) is 0.200.